The molecule has 0 aliphatic rings. The van der Waals surface area contributed by atoms with Gasteiger partial charge in [-0.3, -0.25) is 0 Å². The first-order chi connectivity index (χ1) is 5.06. The molecule has 0 atom stereocenters. The second-order valence-corrected chi connectivity index (χ2v) is 2.16. The van der Waals surface area contributed by atoms with E-state index in [0.717, 1.165) is 6.08 Å². The lowest BCUT2D eigenvalue weighted by Gasteiger charge is -1.99. The average molecular weight is 168 g/mol. The maximum absolute atomic E-state index is 11.5. The molecular weight excluding hydrogens is 157 g/mol. The normalized spacial score (nSPS) is 12.7. The van der Waals surface area contributed by atoms with Gasteiger partial charge in [0, 0.05) is 6.61 Å². The van der Waals surface area contributed by atoms with Gasteiger partial charge in [-0.25, -0.2) is 0 Å². The van der Waals surface area contributed by atoms with Gasteiger partial charge in [0.2, 0.25) is 0 Å². The third kappa shape index (κ3) is 9.49. The van der Waals surface area contributed by atoms with Gasteiger partial charge in [0.15, 0.2) is 0 Å². The van der Waals surface area contributed by atoms with Crippen LogP contribution in [0.2, 0.25) is 0 Å². The van der Waals surface area contributed by atoms with Crippen molar-refractivity contribution in [3.05, 3.63) is 12.2 Å². The van der Waals surface area contributed by atoms with E-state index < -0.39 is 12.6 Å². The number of unbranched alkanes of at least 4 members (excludes halogenated alkanes) is 1. The molecule has 66 valence electrons. The number of allylic oxidation sites excluding steroid dienone is 2. The van der Waals surface area contributed by atoms with Gasteiger partial charge in [-0.2, -0.15) is 13.2 Å². The Hall–Kier alpha value is -0.510. The molecule has 0 aromatic rings. The molecule has 0 aliphatic heterocycles. The Bertz CT molecular complexity index is 117. The van der Waals surface area contributed by atoms with Gasteiger partial charge in [0.25, 0.3) is 0 Å². The Morgan fingerprint density at radius 2 is 1.82 bits per heavy atom. The predicted molar refractivity (Wildman–Crippen MR) is 36.1 cm³/mol. The summed E-state index contributed by atoms with van der Waals surface area (Å²) in [6.45, 7) is 0.0242. The minimum Gasteiger partial charge on any atom is -0.396 e. The Balaban J connectivity index is 3.30. The van der Waals surface area contributed by atoms with Crippen LogP contribution in [0.15, 0.2) is 12.2 Å². The van der Waals surface area contributed by atoms with Crippen LogP contribution in [-0.4, -0.2) is 17.9 Å². The number of alkyl halides is 3. The molecule has 0 heterocycles. The van der Waals surface area contributed by atoms with Crippen LogP contribution in [0.25, 0.3) is 0 Å². The zero-order valence-electron chi connectivity index (χ0n) is 6.06. The maximum atomic E-state index is 11.5. The van der Waals surface area contributed by atoms with Crippen molar-refractivity contribution in [1.82, 2.24) is 0 Å². The Labute approximate surface area is 63.5 Å². The van der Waals surface area contributed by atoms with Gasteiger partial charge in [-0.1, -0.05) is 12.2 Å². The fourth-order valence-electron chi connectivity index (χ4n) is 0.544. The average Bonchev–Trinajstić information content (AvgIpc) is 1.85. The highest BCUT2D eigenvalue weighted by molar-refractivity contribution is 4.83. The zero-order chi connectivity index (χ0) is 8.74. The van der Waals surface area contributed by atoms with Crippen LogP contribution in [0.5, 0.6) is 0 Å². The topological polar surface area (TPSA) is 20.2 Å². The highest BCUT2D eigenvalue weighted by atomic mass is 19.4. The Kier molecular flexibility index (Phi) is 4.94. The Morgan fingerprint density at radius 3 is 2.27 bits per heavy atom. The monoisotopic (exact) mass is 168 g/mol. The first-order valence-electron chi connectivity index (χ1n) is 3.39. The molecule has 4 heteroatoms. The summed E-state index contributed by atoms with van der Waals surface area (Å²) in [5.74, 6) is 0. The second-order valence-electron chi connectivity index (χ2n) is 2.16. The van der Waals surface area contributed by atoms with E-state index in [9.17, 15) is 13.2 Å². The van der Waals surface area contributed by atoms with E-state index in [-0.39, 0.29) is 6.61 Å². The first-order valence-corrected chi connectivity index (χ1v) is 3.39. The number of aliphatic hydroxyl groups is 1. The van der Waals surface area contributed by atoms with Crippen molar-refractivity contribution in [1.29, 1.82) is 0 Å². The van der Waals surface area contributed by atoms with Crippen molar-refractivity contribution in [2.45, 2.75) is 25.4 Å². The van der Waals surface area contributed by atoms with Crippen molar-refractivity contribution in [2.24, 2.45) is 0 Å². The summed E-state index contributed by atoms with van der Waals surface area (Å²) in [4.78, 5) is 0. The zero-order valence-corrected chi connectivity index (χ0v) is 6.06. The largest absolute Gasteiger partial charge is 0.396 e. The van der Waals surface area contributed by atoms with Crippen molar-refractivity contribution in [2.75, 3.05) is 6.61 Å². The minimum atomic E-state index is -4.10. The smallest absolute Gasteiger partial charge is 0.392 e. The van der Waals surface area contributed by atoms with Crippen LogP contribution in [0, 0.1) is 0 Å². The lowest BCUT2D eigenvalue weighted by atomic mass is 10.3. The number of aliphatic hydroxyl groups excluding tert-OH is 1. The second kappa shape index (κ2) is 5.18. The van der Waals surface area contributed by atoms with Crippen molar-refractivity contribution < 1.29 is 18.3 Å². The molecule has 0 aliphatic carbocycles. The fraction of sp³-hybridized carbons (Fsp3) is 0.714. The summed E-state index contributed by atoms with van der Waals surface area (Å²) in [6, 6.07) is 0. The summed E-state index contributed by atoms with van der Waals surface area (Å²) in [6.07, 6.45) is -1.44. The van der Waals surface area contributed by atoms with Crippen LogP contribution < -0.4 is 0 Å². The first kappa shape index (κ1) is 10.5. The van der Waals surface area contributed by atoms with E-state index in [1.165, 1.54) is 6.08 Å². The summed E-state index contributed by atoms with van der Waals surface area (Å²) in [5, 5.41) is 8.27. The highest BCUT2D eigenvalue weighted by Gasteiger charge is 2.24. The molecular formula is C7H11F3O. The Morgan fingerprint density at radius 1 is 1.18 bits per heavy atom. The SMILES string of the molecule is OCCC/C=C/CC(F)(F)F. The van der Waals surface area contributed by atoms with Gasteiger partial charge >= 0.3 is 6.18 Å². The minimum absolute atomic E-state index is 0.0242. The molecule has 0 spiro atoms. The van der Waals surface area contributed by atoms with E-state index in [4.69, 9.17) is 5.11 Å². The van der Waals surface area contributed by atoms with Gasteiger partial charge in [0.05, 0.1) is 6.42 Å². The molecule has 0 amide bonds. The molecule has 0 bridgehead atoms. The number of hydrogen-bond acceptors (Lipinski definition) is 1. The summed E-state index contributed by atoms with van der Waals surface area (Å²) < 4.78 is 34.4. The molecule has 0 fully saturated rings. The van der Waals surface area contributed by atoms with E-state index in [2.05, 4.69) is 0 Å². The van der Waals surface area contributed by atoms with Crippen molar-refractivity contribution in [3.63, 3.8) is 0 Å². The molecule has 0 radical (unpaired) electrons. The molecule has 11 heavy (non-hydrogen) atoms. The summed E-state index contributed by atoms with van der Waals surface area (Å²) in [7, 11) is 0. The summed E-state index contributed by atoms with van der Waals surface area (Å²) in [5.41, 5.74) is 0. The maximum Gasteiger partial charge on any atom is 0.392 e. The van der Waals surface area contributed by atoms with E-state index in [1.54, 1.807) is 0 Å². The predicted octanol–water partition coefficient (Wildman–Crippen LogP) is 2.27. The lowest BCUT2D eigenvalue weighted by Crippen LogP contribution is -2.03. The molecule has 0 saturated carbocycles. The van der Waals surface area contributed by atoms with Crippen LogP contribution in [0.3, 0.4) is 0 Å². The van der Waals surface area contributed by atoms with Crippen LogP contribution >= 0.6 is 0 Å². The molecule has 0 unspecified atom stereocenters. The van der Waals surface area contributed by atoms with Gasteiger partial charge in [-0.05, 0) is 12.8 Å². The molecule has 1 nitrogen and oxygen atoms in total. The summed E-state index contributed by atoms with van der Waals surface area (Å²) >= 11 is 0. The van der Waals surface area contributed by atoms with Crippen LogP contribution in [0.4, 0.5) is 13.2 Å². The third-order valence-corrected chi connectivity index (χ3v) is 1.04. The third-order valence-electron chi connectivity index (χ3n) is 1.04. The molecule has 0 saturated heterocycles. The molecule has 0 aromatic carbocycles. The number of hydrogen-bond donors (Lipinski definition) is 1. The number of halogens is 3. The number of rotatable bonds is 4. The highest BCUT2D eigenvalue weighted by Crippen LogP contribution is 2.19. The quantitative estimate of drug-likeness (QED) is 0.504. The van der Waals surface area contributed by atoms with Gasteiger partial charge < -0.3 is 5.11 Å². The molecule has 0 rings (SSSR count). The molecule has 1 N–H and O–H groups in total. The molecule has 0 aromatic heterocycles. The fourth-order valence-corrected chi connectivity index (χ4v) is 0.544. The van der Waals surface area contributed by atoms with Gasteiger partial charge in [-0.15, -0.1) is 0 Å². The van der Waals surface area contributed by atoms with Crippen molar-refractivity contribution in [3.8, 4) is 0 Å². The van der Waals surface area contributed by atoms with Crippen LogP contribution in [-0.2, 0) is 0 Å². The van der Waals surface area contributed by atoms with E-state index in [0.29, 0.717) is 12.8 Å². The van der Waals surface area contributed by atoms with Crippen LogP contribution in [0.1, 0.15) is 19.3 Å². The van der Waals surface area contributed by atoms with E-state index in [1.807, 2.05) is 0 Å². The van der Waals surface area contributed by atoms with Gasteiger partial charge in [0.1, 0.15) is 0 Å². The van der Waals surface area contributed by atoms with E-state index >= 15 is 0 Å². The van der Waals surface area contributed by atoms with Crippen molar-refractivity contribution >= 4 is 0 Å². The standard InChI is InChI=1S/C7H11F3O/c8-7(9,10)5-3-1-2-4-6-11/h1,3,11H,2,4-6H2/b3-1+. The lowest BCUT2D eigenvalue weighted by molar-refractivity contribution is -0.125.